The second kappa shape index (κ2) is 9.40. The Kier molecular flexibility index (Phi) is 6.66. The molecule has 3 aromatic rings. The van der Waals surface area contributed by atoms with Crippen molar-refractivity contribution in [2.45, 2.75) is 11.4 Å². The molecule has 0 saturated carbocycles. The van der Waals surface area contributed by atoms with Gasteiger partial charge in [0.15, 0.2) is 0 Å². The normalized spacial score (nSPS) is 10.9. The number of hydrogen-bond donors (Lipinski definition) is 3. The van der Waals surface area contributed by atoms with Gasteiger partial charge in [0.05, 0.1) is 10.6 Å². The summed E-state index contributed by atoms with van der Waals surface area (Å²) in [4.78, 5) is 23.8. The fourth-order valence-electron chi connectivity index (χ4n) is 2.74. The van der Waals surface area contributed by atoms with Gasteiger partial charge in [-0.1, -0.05) is 24.3 Å². The Balaban J connectivity index is 1.63. The van der Waals surface area contributed by atoms with Gasteiger partial charge in [-0.05, 0) is 54.1 Å². The predicted octanol–water partition coefficient (Wildman–Crippen LogP) is 2.92. The van der Waals surface area contributed by atoms with Crippen molar-refractivity contribution in [1.82, 2.24) is 10.6 Å². The quantitative estimate of drug-likeness (QED) is 0.524. The van der Waals surface area contributed by atoms with Crippen LogP contribution in [0.3, 0.4) is 0 Å². The molecule has 0 aliphatic heterocycles. The number of rotatable bonds is 7. The number of nitrogens with one attached hydrogen (secondary N) is 3. The van der Waals surface area contributed by atoms with Crippen LogP contribution in [0.5, 0.6) is 0 Å². The van der Waals surface area contributed by atoms with E-state index in [0.717, 1.165) is 11.6 Å². The van der Waals surface area contributed by atoms with Gasteiger partial charge in [0, 0.05) is 24.7 Å². The molecule has 3 N–H and O–H groups in total. The van der Waals surface area contributed by atoms with E-state index >= 15 is 0 Å². The van der Waals surface area contributed by atoms with Crippen LogP contribution < -0.4 is 15.4 Å². The minimum atomic E-state index is -4.00. The molecule has 3 aromatic carbocycles. The van der Waals surface area contributed by atoms with Crippen LogP contribution in [0.15, 0.2) is 77.7 Å². The first kappa shape index (κ1) is 22.0. The van der Waals surface area contributed by atoms with Gasteiger partial charge in [-0.25, -0.2) is 12.8 Å². The van der Waals surface area contributed by atoms with Crippen molar-refractivity contribution in [3.63, 3.8) is 0 Å². The molecular formula is C22H20FN3O4S. The number of carbonyl (C=O) groups is 2. The lowest BCUT2D eigenvalue weighted by Gasteiger charge is -2.10. The third-order valence-corrected chi connectivity index (χ3v) is 5.82. The molecule has 0 aliphatic carbocycles. The van der Waals surface area contributed by atoms with Crippen LogP contribution >= 0.6 is 0 Å². The molecule has 160 valence electrons. The number of amides is 2. The van der Waals surface area contributed by atoms with E-state index in [0.29, 0.717) is 5.56 Å². The lowest BCUT2D eigenvalue weighted by Crippen LogP contribution is -2.23. The summed E-state index contributed by atoms with van der Waals surface area (Å²) < 4.78 is 40.8. The summed E-state index contributed by atoms with van der Waals surface area (Å²) in [6, 6.07) is 17.5. The number of hydrogen-bond acceptors (Lipinski definition) is 4. The van der Waals surface area contributed by atoms with E-state index in [-0.39, 0.29) is 34.5 Å². The van der Waals surface area contributed by atoms with Crippen molar-refractivity contribution in [1.29, 1.82) is 0 Å². The summed E-state index contributed by atoms with van der Waals surface area (Å²) in [5, 5.41) is 5.26. The van der Waals surface area contributed by atoms with Gasteiger partial charge in [-0.3, -0.25) is 14.3 Å². The largest absolute Gasteiger partial charge is 0.355 e. The second-order valence-electron chi connectivity index (χ2n) is 6.57. The Morgan fingerprint density at radius 2 is 1.42 bits per heavy atom. The maximum Gasteiger partial charge on any atom is 0.261 e. The third-order valence-electron chi connectivity index (χ3n) is 4.44. The van der Waals surface area contributed by atoms with E-state index in [1.807, 2.05) is 0 Å². The van der Waals surface area contributed by atoms with Gasteiger partial charge in [-0.2, -0.15) is 0 Å². The molecule has 3 rings (SSSR count). The van der Waals surface area contributed by atoms with Gasteiger partial charge in [0.2, 0.25) is 0 Å². The van der Waals surface area contributed by atoms with Crippen LogP contribution in [-0.4, -0.2) is 27.3 Å². The molecule has 0 radical (unpaired) electrons. The van der Waals surface area contributed by atoms with Gasteiger partial charge in [0.1, 0.15) is 5.82 Å². The van der Waals surface area contributed by atoms with Crippen molar-refractivity contribution in [3.8, 4) is 0 Å². The van der Waals surface area contributed by atoms with Gasteiger partial charge in [-0.15, -0.1) is 0 Å². The Morgan fingerprint density at radius 1 is 0.839 bits per heavy atom. The molecule has 0 fully saturated rings. The molecule has 31 heavy (non-hydrogen) atoms. The molecule has 2 amide bonds. The fraction of sp³-hybridized carbons (Fsp3) is 0.0909. The molecule has 7 nitrogen and oxygen atoms in total. The standard InChI is InChI=1S/C22H20FN3O4S/c1-24-21(27)16-8-6-15(7-9-16)14-25-22(28)17-10-12-18(13-11-17)31(29,30)26-20-5-3-2-4-19(20)23/h2-13,26H,14H2,1H3,(H,24,27)(H,25,28). The number of sulfonamides is 1. The monoisotopic (exact) mass is 441 g/mol. The number of anilines is 1. The van der Waals surface area contributed by atoms with Crippen molar-refractivity contribution in [2.75, 3.05) is 11.8 Å². The van der Waals surface area contributed by atoms with E-state index < -0.39 is 15.8 Å². The zero-order valence-electron chi connectivity index (χ0n) is 16.6. The summed E-state index contributed by atoms with van der Waals surface area (Å²) >= 11 is 0. The zero-order valence-corrected chi connectivity index (χ0v) is 17.4. The maximum absolute atomic E-state index is 13.7. The van der Waals surface area contributed by atoms with Crippen LogP contribution in [0.25, 0.3) is 0 Å². The molecule has 9 heteroatoms. The zero-order chi connectivity index (χ0) is 22.4. The maximum atomic E-state index is 13.7. The minimum Gasteiger partial charge on any atom is -0.355 e. The molecule has 0 aliphatic rings. The van der Waals surface area contributed by atoms with Crippen LogP contribution in [-0.2, 0) is 16.6 Å². The molecule has 0 saturated heterocycles. The predicted molar refractivity (Wildman–Crippen MR) is 115 cm³/mol. The third kappa shape index (κ3) is 5.46. The van der Waals surface area contributed by atoms with Crippen molar-refractivity contribution >= 4 is 27.5 Å². The van der Waals surface area contributed by atoms with Crippen LogP contribution in [0, 0.1) is 5.82 Å². The number of carbonyl (C=O) groups excluding carboxylic acids is 2. The molecule has 0 unspecified atom stereocenters. The highest BCUT2D eigenvalue weighted by molar-refractivity contribution is 7.92. The Morgan fingerprint density at radius 3 is 2.03 bits per heavy atom. The summed E-state index contributed by atoms with van der Waals surface area (Å²) in [7, 11) is -2.46. The molecule has 0 bridgehead atoms. The average molecular weight is 441 g/mol. The van der Waals surface area contributed by atoms with E-state index in [2.05, 4.69) is 15.4 Å². The topological polar surface area (TPSA) is 104 Å². The van der Waals surface area contributed by atoms with E-state index in [1.54, 1.807) is 31.3 Å². The lowest BCUT2D eigenvalue weighted by atomic mass is 10.1. The highest BCUT2D eigenvalue weighted by Gasteiger charge is 2.17. The highest BCUT2D eigenvalue weighted by atomic mass is 32.2. The highest BCUT2D eigenvalue weighted by Crippen LogP contribution is 2.19. The van der Waals surface area contributed by atoms with Crippen molar-refractivity contribution in [3.05, 3.63) is 95.3 Å². The molecule has 0 heterocycles. The minimum absolute atomic E-state index is 0.0999. The summed E-state index contributed by atoms with van der Waals surface area (Å²) in [6.45, 7) is 0.238. The van der Waals surface area contributed by atoms with Crippen LogP contribution in [0.2, 0.25) is 0 Å². The number of para-hydroxylation sites is 1. The van der Waals surface area contributed by atoms with E-state index in [9.17, 15) is 22.4 Å². The molecule has 0 atom stereocenters. The first-order valence-corrected chi connectivity index (χ1v) is 10.7. The van der Waals surface area contributed by atoms with Gasteiger partial charge >= 0.3 is 0 Å². The smallest absolute Gasteiger partial charge is 0.261 e. The fourth-order valence-corrected chi connectivity index (χ4v) is 3.80. The first-order chi connectivity index (χ1) is 14.8. The van der Waals surface area contributed by atoms with Crippen molar-refractivity contribution < 1.29 is 22.4 Å². The molecule has 0 spiro atoms. The first-order valence-electron chi connectivity index (χ1n) is 9.27. The SMILES string of the molecule is CNC(=O)c1ccc(CNC(=O)c2ccc(S(=O)(=O)Nc3ccccc3F)cc2)cc1. The second-order valence-corrected chi connectivity index (χ2v) is 8.25. The Hall–Kier alpha value is -3.72. The Bertz CT molecular complexity index is 1190. The summed E-state index contributed by atoms with van der Waals surface area (Å²) in [6.07, 6.45) is 0. The number of benzene rings is 3. The van der Waals surface area contributed by atoms with E-state index in [1.165, 1.54) is 42.5 Å². The van der Waals surface area contributed by atoms with Crippen molar-refractivity contribution in [2.24, 2.45) is 0 Å². The van der Waals surface area contributed by atoms with Gasteiger partial charge < -0.3 is 10.6 Å². The molecular weight excluding hydrogens is 421 g/mol. The van der Waals surface area contributed by atoms with E-state index in [4.69, 9.17) is 0 Å². The average Bonchev–Trinajstić information content (AvgIpc) is 2.79. The number of halogens is 1. The molecule has 0 aromatic heterocycles. The summed E-state index contributed by atoms with van der Waals surface area (Å²) in [5.74, 6) is -1.28. The van der Waals surface area contributed by atoms with Gasteiger partial charge in [0.25, 0.3) is 21.8 Å². The Labute approximate surface area is 179 Å². The lowest BCUT2D eigenvalue weighted by molar-refractivity contribution is 0.0946. The van der Waals surface area contributed by atoms with Crippen LogP contribution in [0.4, 0.5) is 10.1 Å². The van der Waals surface area contributed by atoms with Crippen LogP contribution in [0.1, 0.15) is 26.3 Å². The summed E-state index contributed by atoms with van der Waals surface area (Å²) in [5.41, 5.74) is 1.42.